The number of phenolic OH excluding ortho intramolecular Hbond substituents is 1. The first kappa shape index (κ1) is 13.0. The van der Waals surface area contributed by atoms with E-state index in [9.17, 15) is 14.9 Å². The van der Waals surface area contributed by atoms with Gasteiger partial charge in [-0.1, -0.05) is 0 Å². The first-order valence-electron chi connectivity index (χ1n) is 3.43. The summed E-state index contributed by atoms with van der Waals surface area (Å²) in [7, 11) is 0. The molecule has 0 unspecified atom stereocenters. The van der Waals surface area contributed by atoms with Crippen LogP contribution < -0.4 is 5.73 Å². The smallest absolute Gasteiger partial charge is 0.342 e. The highest BCUT2D eigenvalue weighted by molar-refractivity contribution is 5.94. The maximum Gasteiger partial charge on any atom is 0.342 e. The molecule has 0 aliphatic rings. The average Bonchev–Trinajstić information content (AvgIpc) is 2.08. The van der Waals surface area contributed by atoms with Crippen LogP contribution in [0.5, 0.6) is 5.75 Å². The van der Waals surface area contributed by atoms with E-state index in [1.807, 2.05) is 0 Å². The maximum atomic E-state index is 10.5. The molecular weight excluding hydrogens is 228 g/mol. The summed E-state index contributed by atoms with van der Waals surface area (Å²) >= 11 is 0. The van der Waals surface area contributed by atoms with Crippen molar-refractivity contribution < 1.29 is 19.9 Å². The molecule has 0 spiro atoms. The molecule has 0 amide bonds. The van der Waals surface area contributed by atoms with E-state index in [0.717, 1.165) is 6.07 Å². The molecule has 1 aromatic rings. The molecule has 82 valence electrons. The molecule has 0 aliphatic carbocycles. The van der Waals surface area contributed by atoms with Crippen LogP contribution >= 0.6 is 12.4 Å². The van der Waals surface area contributed by atoms with Gasteiger partial charge in [0.15, 0.2) is 0 Å². The van der Waals surface area contributed by atoms with Crippen LogP contribution in [-0.4, -0.2) is 21.1 Å². The van der Waals surface area contributed by atoms with Crippen molar-refractivity contribution in [3.63, 3.8) is 0 Å². The Balaban J connectivity index is 0.00000196. The van der Waals surface area contributed by atoms with Crippen molar-refractivity contribution in [2.75, 3.05) is 5.73 Å². The number of hydrogen-bond acceptors (Lipinski definition) is 5. The molecule has 0 radical (unpaired) electrons. The van der Waals surface area contributed by atoms with Crippen LogP contribution in [0.25, 0.3) is 0 Å². The largest absolute Gasteiger partial charge is 0.506 e. The number of carbonyl (C=O) groups is 1. The standard InChI is InChI=1S/C7H6N2O5.ClH/c8-4-1-3(7(11)12)5(9(13)14)2-6(4)10;/h1-2,10H,8H2,(H,11,12);1H. The number of nitro groups is 1. The molecule has 0 aliphatic heterocycles. The number of aromatic carboxylic acids is 1. The molecule has 0 saturated heterocycles. The SMILES string of the molecule is Cl.Nc1cc(C(=O)O)c([N+](=O)[O-])cc1O. The third-order valence-corrected chi connectivity index (χ3v) is 1.57. The molecular formula is C7H7ClN2O5. The van der Waals surface area contributed by atoms with E-state index in [-0.39, 0.29) is 18.1 Å². The monoisotopic (exact) mass is 234 g/mol. The number of rotatable bonds is 2. The van der Waals surface area contributed by atoms with Crippen molar-refractivity contribution in [3.05, 3.63) is 27.8 Å². The second kappa shape index (κ2) is 4.47. The van der Waals surface area contributed by atoms with Crippen LogP contribution in [0.1, 0.15) is 10.4 Å². The van der Waals surface area contributed by atoms with E-state index in [4.69, 9.17) is 15.9 Å². The van der Waals surface area contributed by atoms with Crippen molar-refractivity contribution in [1.29, 1.82) is 0 Å². The van der Waals surface area contributed by atoms with Crippen molar-refractivity contribution in [1.82, 2.24) is 0 Å². The predicted molar refractivity (Wildman–Crippen MR) is 53.4 cm³/mol. The molecule has 0 aromatic heterocycles. The Morgan fingerprint density at radius 2 is 2.00 bits per heavy atom. The Labute approximate surface area is 89.7 Å². The first-order valence-corrected chi connectivity index (χ1v) is 3.43. The normalized spacial score (nSPS) is 9.07. The molecule has 0 fully saturated rings. The summed E-state index contributed by atoms with van der Waals surface area (Å²) in [4.78, 5) is 20.0. The number of halogens is 1. The van der Waals surface area contributed by atoms with Crippen molar-refractivity contribution >= 4 is 29.8 Å². The van der Waals surface area contributed by atoms with Crippen molar-refractivity contribution in [2.45, 2.75) is 0 Å². The lowest BCUT2D eigenvalue weighted by Crippen LogP contribution is -2.03. The highest BCUT2D eigenvalue weighted by Gasteiger charge is 2.21. The molecule has 15 heavy (non-hydrogen) atoms. The van der Waals surface area contributed by atoms with E-state index in [1.54, 1.807) is 0 Å². The summed E-state index contributed by atoms with van der Waals surface area (Å²) in [5.74, 6) is -1.98. The molecule has 4 N–H and O–H groups in total. The summed E-state index contributed by atoms with van der Waals surface area (Å²) in [5.41, 5.74) is 3.74. The lowest BCUT2D eigenvalue weighted by Gasteiger charge is -2.01. The van der Waals surface area contributed by atoms with Crippen LogP contribution in [0.4, 0.5) is 11.4 Å². The van der Waals surface area contributed by atoms with Gasteiger partial charge in [0, 0.05) is 0 Å². The molecule has 8 heteroatoms. The molecule has 0 heterocycles. The van der Waals surface area contributed by atoms with E-state index >= 15 is 0 Å². The van der Waals surface area contributed by atoms with Gasteiger partial charge in [0.2, 0.25) is 0 Å². The Kier molecular flexibility index (Phi) is 3.87. The van der Waals surface area contributed by atoms with Crippen LogP contribution in [0.15, 0.2) is 12.1 Å². The maximum absolute atomic E-state index is 10.5. The van der Waals surface area contributed by atoms with Gasteiger partial charge in [0.25, 0.3) is 5.69 Å². The minimum atomic E-state index is -1.47. The van der Waals surface area contributed by atoms with E-state index in [0.29, 0.717) is 6.07 Å². The topological polar surface area (TPSA) is 127 Å². The Morgan fingerprint density at radius 3 is 2.40 bits per heavy atom. The number of carboxylic acids is 1. The summed E-state index contributed by atoms with van der Waals surface area (Å²) in [6.07, 6.45) is 0. The van der Waals surface area contributed by atoms with Gasteiger partial charge in [-0.15, -0.1) is 12.4 Å². The number of aromatic hydroxyl groups is 1. The highest BCUT2D eigenvalue weighted by Crippen LogP contribution is 2.29. The summed E-state index contributed by atoms with van der Waals surface area (Å²) in [6.45, 7) is 0. The highest BCUT2D eigenvalue weighted by atomic mass is 35.5. The van der Waals surface area contributed by atoms with E-state index in [2.05, 4.69) is 0 Å². The molecule has 7 nitrogen and oxygen atoms in total. The van der Waals surface area contributed by atoms with Crippen LogP contribution in [0, 0.1) is 10.1 Å². The third-order valence-electron chi connectivity index (χ3n) is 1.57. The van der Waals surface area contributed by atoms with E-state index < -0.39 is 27.9 Å². The lowest BCUT2D eigenvalue weighted by molar-refractivity contribution is -0.385. The van der Waals surface area contributed by atoms with Gasteiger partial charge < -0.3 is 15.9 Å². The third kappa shape index (κ3) is 2.47. The average molecular weight is 235 g/mol. The van der Waals surface area contributed by atoms with Crippen LogP contribution in [-0.2, 0) is 0 Å². The lowest BCUT2D eigenvalue weighted by atomic mass is 10.1. The minimum Gasteiger partial charge on any atom is -0.506 e. The van der Waals surface area contributed by atoms with Gasteiger partial charge in [-0.2, -0.15) is 0 Å². The van der Waals surface area contributed by atoms with Gasteiger partial charge in [-0.05, 0) is 6.07 Å². The number of phenols is 1. The molecule has 1 aromatic carbocycles. The van der Waals surface area contributed by atoms with Gasteiger partial charge >= 0.3 is 5.97 Å². The zero-order valence-electron chi connectivity index (χ0n) is 7.21. The second-order valence-corrected chi connectivity index (χ2v) is 2.49. The molecule has 0 atom stereocenters. The van der Waals surface area contributed by atoms with Crippen LogP contribution in [0.3, 0.4) is 0 Å². The van der Waals surface area contributed by atoms with Crippen LogP contribution in [0.2, 0.25) is 0 Å². The second-order valence-electron chi connectivity index (χ2n) is 2.49. The van der Waals surface area contributed by atoms with Crippen molar-refractivity contribution in [2.24, 2.45) is 0 Å². The minimum absolute atomic E-state index is 0. The first-order chi connectivity index (χ1) is 6.43. The van der Waals surface area contributed by atoms with Gasteiger partial charge in [-0.3, -0.25) is 10.1 Å². The Bertz CT molecular complexity index is 381. The summed E-state index contributed by atoms with van der Waals surface area (Å²) in [5, 5.41) is 28.0. The number of nitrogens with two attached hydrogens (primary N) is 1. The predicted octanol–water partition coefficient (Wildman–Crippen LogP) is 1.00. The number of anilines is 1. The fraction of sp³-hybridized carbons (Fsp3) is 0. The summed E-state index contributed by atoms with van der Waals surface area (Å²) < 4.78 is 0. The molecule has 0 saturated carbocycles. The quantitative estimate of drug-likeness (QED) is 0.303. The van der Waals surface area contributed by atoms with Gasteiger partial charge in [-0.25, -0.2) is 4.79 Å². The molecule has 0 bridgehead atoms. The number of nitrogen functional groups attached to an aromatic ring is 1. The van der Waals surface area contributed by atoms with Gasteiger partial charge in [0.1, 0.15) is 11.3 Å². The van der Waals surface area contributed by atoms with E-state index in [1.165, 1.54) is 0 Å². The van der Waals surface area contributed by atoms with Gasteiger partial charge in [0.05, 0.1) is 16.7 Å². The number of nitrogens with zero attached hydrogens (tertiary/aromatic N) is 1. The fourth-order valence-electron chi connectivity index (χ4n) is 0.916. The number of hydrogen-bond donors (Lipinski definition) is 3. The number of nitro benzene ring substituents is 1. The zero-order chi connectivity index (χ0) is 10.9. The summed E-state index contributed by atoms with van der Waals surface area (Å²) in [6, 6.07) is 1.55. The Hall–Kier alpha value is -2.02. The zero-order valence-corrected chi connectivity index (χ0v) is 8.02. The Morgan fingerprint density at radius 1 is 1.47 bits per heavy atom. The molecule has 1 rings (SSSR count). The number of carboxylic acid groups (broad SMARTS) is 1. The fourth-order valence-corrected chi connectivity index (χ4v) is 0.916. The number of benzene rings is 1. The van der Waals surface area contributed by atoms with Crippen molar-refractivity contribution in [3.8, 4) is 5.75 Å².